The van der Waals surface area contributed by atoms with Gasteiger partial charge in [-0.25, -0.2) is 0 Å². The highest BCUT2D eigenvalue weighted by Gasteiger charge is 2.19. The first-order valence-corrected chi connectivity index (χ1v) is 7.95. The van der Waals surface area contributed by atoms with Crippen molar-refractivity contribution >= 4 is 33.2 Å². The van der Waals surface area contributed by atoms with Gasteiger partial charge in [0, 0.05) is 17.5 Å². The van der Waals surface area contributed by atoms with Crippen molar-refractivity contribution in [3.05, 3.63) is 20.8 Å². The molecule has 3 nitrogen and oxygen atoms in total. The van der Waals surface area contributed by atoms with Gasteiger partial charge >= 0.3 is 0 Å². The first-order chi connectivity index (χ1) is 8.58. The maximum Gasteiger partial charge on any atom is 0.228 e. The van der Waals surface area contributed by atoms with Gasteiger partial charge in [0.15, 0.2) is 0 Å². The van der Waals surface area contributed by atoms with Crippen LogP contribution in [0.1, 0.15) is 43.9 Å². The van der Waals surface area contributed by atoms with Gasteiger partial charge in [-0.3, -0.25) is 4.79 Å². The van der Waals surface area contributed by atoms with E-state index in [9.17, 15) is 4.79 Å². The monoisotopic (exact) mass is 332 g/mol. The van der Waals surface area contributed by atoms with E-state index < -0.39 is 0 Å². The van der Waals surface area contributed by atoms with Crippen molar-refractivity contribution in [3.8, 4) is 0 Å². The summed E-state index contributed by atoms with van der Waals surface area (Å²) in [6.45, 7) is 4.58. The lowest BCUT2D eigenvalue weighted by molar-refractivity contribution is -0.122. The molecule has 3 N–H and O–H groups in total. The molecule has 0 aliphatic carbocycles. The molecule has 2 unspecified atom stereocenters. The topological polar surface area (TPSA) is 55.1 Å². The number of nitrogens with two attached hydrogens (primary N) is 1. The van der Waals surface area contributed by atoms with E-state index in [-0.39, 0.29) is 17.9 Å². The largest absolute Gasteiger partial charge is 0.352 e. The second kappa shape index (κ2) is 7.92. The number of carbonyl (C=O) groups is 1. The molecule has 2 atom stereocenters. The van der Waals surface area contributed by atoms with Crippen molar-refractivity contribution in [2.45, 2.75) is 45.1 Å². The fourth-order valence-electron chi connectivity index (χ4n) is 1.72. The molecular weight excluding hydrogens is 312 g/mol. The minimum atomic E-state index is -0.114. The minimum absolute atomic E-state index is 0.0657. The zero-order chi connectivity index (χ0) is 13.5. The van der Waals surface area contributed by atoms with Crippen LogP contribution in [0.5, 0.6) is 0 Å². The third-order valence-corrected chi connectivity index (χ3v) is 4.76. The van der Waals surface area contributed by atoms with Gasteiger partial charge in [0.1, 0.15) is 0 Å². The van der Waals surface area contributed by atoms with Gasteiger partial charge in [-0.1, -0.05) is 19.8 Å². The van der Waals surface area contributed by atoms with Crippen LogP contribution >= 0.6 is 27.3 Å². The first-order valence-electron chi connectivity index (χ1n) is 6.34. The van der Waals surface area contributed by atoms with Crippen LogP contribution in [0.25, 0.3) is 0 Å². The first kappa shape index (κ1) is 15.7. The lowest BCUT2D eigenvalue weighted by atomic mass is 10.1. The Bertz CT molecular complexity index is 381. The Morgan fingerprint density at radius 1 is 1.56 bits per heavy atom. The smallest absolute Gasteiger partial charge is 0.228 e. The summed E-state index contributed by atoms with van der Waals surface area (Å²) in [5.74, 6) is -0.0483. The summed E-state index contributed by atoms with van der Waals surface area (Å²) in [4.78, 5) is 13.2. The van der Waals surface area contributed by atoms with E-state index in [0.29, 0.717) is 6.54 Å². The number of unbranched alkanes of at least 4 members (excludes halogenated alkanes) is 1. The number of hydrogen-bond acceptors (Lipinski definition) is 3. The fraction of sp³-hybridized carbons (Fsp3) is 0.615. The molecule has 0 spiro atoms. The maximum atomic E-state index is 12.1. The molecule has 0 saturated carbocycles. The van der Waals surface area contributed by atoms with Crippen molar-refractivity contribution < 1.29 is 4.79 Å². The maximum absolute atomic E-state index is 12.1. The quantitative estimate of drug-likeness (QED) is 0.805. The van der Waals surface area contributed by atoms with Gasteiger partial charge in [0.2, 0.25) is 5.91 Å². The van der Waals surface area contributed by atoms with Gasteiger partial charge in [-0.2, -0.15) is 0 Å². The molecule has 1 heterocycles. The van der Waals surface area contributed by atoms with Crippen LogP contribution in [0.4, 0.5) is 0 Å². The van der Waals surface area contributed by atoms with Gasteiger partial charge in [0.05, 0.1) is 9.70 Å². The Labute approximate surface area is 121 Å². The van der Waals surface area contributed by atoms with E-state index in [2.05, 4.69) is 28.2 Å². The van der Waals surface area contributed by atoms with Crippen molar-refractivity contribution in [2.24, 2.45) is 5.73 Å². The van der Waals surface area contributed by atoms with Gasteiger partial charge < -0.3 is 11.1 Å². The predicted molar refractivity (Wildman–Crippen MR) is 80.9 cm³/mol. The number of nitrogens with one attached hydrogen (secondary N) is 1. The summed E-state index contributed by atoms with van der Waals surface area (Å²) in [5, 5.41) is 3.04. The van der Waals surface area contributed by atoms with Crippen LogP contribution in [-0.4, -0.2) is 18.5 Å². The van der Waals surface area contributed by atoms with Gasteiger partial charge in [-0.15, -0.1) is 11.3 Å². The highest BCUT2D eigenvalue weighted by Crippen LogP contribution is 2.28. The van der Waals surface area contributed by atoms with Crippen molar-refractivity contribution in [1.29, 1.82) is 0 Å². The van der Waals surface area contributed by atoms with E-state index in [1.54, 1.807) is 11.3 Å². The molecule has 18 heavy (non-hydrogen) atoms. The number of rotatable bonds is 7. The summed E-state index contributed by atoms with van der Waals surface area (Å²) in [5.41, 5.74) is 5.69. The van der Waals surface area contributed by atoms with Gasteiger partial charge in [0.25, 0.3) is 0 Å². The Morgan fingerprint density at radius 3 is 2.78 bits per heavy atom. The molecule has 102 valence electrons. The lowest BCUT2D eigenvalue weighted by Crippen LogP contribution is -2.41. The average molecular weight is 333 g/mol. The average Bonchev–Trinajstić information content (AvgIpc) is 2.79. The Balaban J connectivity index is 2.53. The SMILES string of the molecule is CCCCC(CN)NC(=O)C(C)c1ccc(Br)s1. The van der Waals surface area contributed by atoms with E-state index in [1.165, 1.54) is 0 Å². The highest BCUT2D eigenvalue weighted by molar-refractivity contribution is 9.11. The molecule has 1 amide bonds. The molecule has 0 aliphatic heterocycles. The number of carbonyl (C=O) groups excluding carboxylic acids is 1. The Hall–Kier alpha value is -0.390. The summed E-state index contributed by atoms with van der Waals surface area (Å²) >= 11 is 5.02. The summed E-state index contributed by atoms with van der Waals surface area (Å²) < 4.78 is 1.05. The number of halogens is 1. The van der Waals surface area contributed by atoms with Crippen molar-refractivity contribution in [2.75, 3.05) is 6.54 Å². The minimum Gasteiger partial charge on any atom is -0.352 e. The van der Waals surface area contributed by atoms with Crippen LogP contribution < -0.4 is 11.1 Å². The molecule has 0 radical (unpaired) electrons. The van der Waals surface area contributed by atoms with Crippen LogP contribution in [0, 0.1) is 0 Å². The van der Waals surface area contributed by atoms with E-state index >= 15 is 0 Å². The van der Waals surface area contributed by atoms with Gasteiger partial charge in [-0.05, 0) is 41.4 Å². The second-order valence-corrected chi connectivity index (χ2v) is 6.94. The van der Waals surface area contributed by atoms with Crippen LogP contribution in [0.3, 0.4) is 0 Å². The normalized spacial score (nSPS) is 14.2. The summed E-state index contributed by atoms with van der Waals surface area (Å²) in [6, 6.07) is 4.06. The van der Waals surface area contributed by atoms with Crippen LogP contribution in [0.2, 0.25) is 0 Å². The zero-order valence-corrected chi connectivity index (χ0v) is 13.3. The molecule has 0 fully saturated rings. The van der Waals surface area contributed by atoms with Crippen molar-refractivity contribution in [3.63, 3.8) is 0 Å². The van der Waals surface area contributed by atoms with E-state index in [4.69, 9.17) is 5.73 Å². The van der Waals surface area contributed by atoms with Crippen LogP contribution in [0.15, 0.2) is 15.9 Å². The highest BCUT2D eigenvalue weighted by atomic mass is 79.9. The van der Waals surface area contributed by atoms with E-state index in [1.807, 2.05) is 19.1 Å². The third-order valence-electron chi connectivity index (χ3n) is 2.95. The molecule has 1 rings (SSSR count). The number of hydrogen-bond donors (Lipinski definition) is 2. The molecule has 0 bridgehead atoms. The fourth-order valence-corrected chi connectivity index (χ4v) is 3.19. The molecular formula is C13H21BrN2OS. The predicted octanol–water partition coefficient (Wildman–Crippen LogP) is 3.25. The molecule has 0 saturated heterocycles. The molecule has 0 aromatic carbocycles. The molecule has 1 aromatic heterocycles. The molecule has 5 heteroatoms. The van der Waals surface area contributed by atoms with E-state index in [0.717, 1.165) is 27.9 Å². The lowest BCUT2D eigenvalue weighted by Gasteiger charge is -2.19. The molecule has 1 aromatic rings. The standard InChI is InChI=1S/C13H21BrN2OS/c1-3-4-5-10(8-15)16-13(17)9(2)11-6-7-12(14)18-11/h6-7,9-10H,3-5,8,15H2,1-2H3,(H,16,17). The molecule has 0 aliphatic rings. The third kappa shape index (κ3) is 4.71. The summed E-state index contributed by atoms with van der Waals surface area (Å²) in [6.07, 6.45) is 3.18. The second-order valence-electron chi connectivity index (χ2n) is 4.45. The Morgan fingerprint density at radius 2 is 2.28 bits per heavy atom. The summed E-state index contributed by atoms with van der Waals surface area (Å²) in [7, 11) is 0. The van der Waals surface area contributed by atoms with Crippen LogP contribution in [-0.2, 0) is 4.79 Å². The zero-order valence-electron chi connectivity index (χ0n) is 10.9. The van der Waals surface area contributed by atoms with Crippen molar-refractivity contribution in [1.82, 2.24) is 5.32 Å². The Kier molecular flexibility index (Phi) is 6.89. The number of thiophene rings is 1. The number of amides is 1.